The number of nitrogens with one attached hydrogen (secondary N) is 2. The van der Waals surface area contributed by atoms with Gasteiger partial charge in [-0.1, -0.05) is 17.7 Å². The van der Waals surface area contributed by atoms with E-state index in [1.54, 1.807) is 31.7 Å². The predicted molar refractivity (Wildman–Crippen MR) is 131 cm³/mol. The number of hydrogen-bond acceptors (Lipinski definition) is 7. The molecule has 3 heterocycles. The summed E-state index contributed by atoms with van der Waals surface area (Å²) < 4.78 is 13.3. The third-order valence-electron chi connectivity index (χ3n) is 5.82. The van der Waals surface area contributed by atoms with E-state index in [9.17, 15) is 4.79 Å². The Labute approximate surface area is 201 Å². The summed E-state index contributed by atoms with van der Waals surface area (Å²) in [5.41, 5.74) is 3.23. The molecule has 0 radical (unpaired) electrons. The molecule has 1 aliphatic rings. The van der Waals surface area contributed by atoms with Crippen molar-refractivity contribution in [3.05, 3.63) is 59.5 Å². The Kier molecular flexibility index (Phi) is 6.48. The number of imidazole rings is 1. The highest BCUT2D eigenvalue weighted by Gasteiger charge is 2.16. The fourth-order valence-electron chi connectivity index (χ4n) is 4.02. The van der Waals surface area contributed by atoms with Crippen molar-refractivity contribution in [2.24, 2.45) is 0 Å². The maximum atomic E-state index is 12.4. The summed E-state index contributed by atoms with van der Waals surface area (Å²) in [4.78, 5) is 23.8. The number of carbonyl (C=O) groups excluding carboxylic acids is 1. The number of ether oxygens (including phenoxy) is 2. The van der Waals surface area contributed by atoms with E-state index < -0.39 is 0 Å². The van der Waals surface area contributed by atoms with Crippen LogP contribution in [-0.4, -0.2) is 71.7 Å². The molecule has 2 aromatic carbocycles. The topological polar surface area (TPSA) is 93.0 Å². The molecule has 0 unspecified atom stereocenters. The number of anilines is 2. The molecule has 0 spiro atoms. The number of rotatable bonds is 7. The van der Waals surface area contributed by atoms with Gasteiger partial charge in [-0.25, -0.2) is 9.97 Å². The van der Waals surface area contributed by atoms with Crippen LogP contribution >= 0.6 is 11.6 Å². The molecule has 4 aromatic rings. The Morgan fingerprint density at radius 1 is 1.21 bits per heavy atom. The lowest BCUT2D eigenvalue weighted by Gasteiger charge is -2.26. The number of benzene rings is 2. The van der Waals surface area contributed by atoms with Gasteiger partial charge in [0.2, 0.25) is 0 Å². The van der Waals surface area contributed by atoms with E-state index in [1.807, 2.05) is 28.7 Å². The molecule has 2 aromatic heterocycles. The highest BCUT2D eigenvalue weighted by atomic mass is 35.5. The van der Waals surface area contributed by atoms with Gasteiger partial charge in [0.05, 0.1) is 47.5 Å². The normalized spacial score (nSPS) is 14.4. The molecule has 0 atom stereocenters. The largest absolute Gasteiger partial charge is 0.492 e. The molecular formula is C24H25ClN6O3. The Bertz CT molecular complexity index is 1340. The second kappa shape index (κ2) is 9.84. The first-order valence-electron chi connectivity index (χ1n) is 11.1. The second-order valence-electron chi connectivity index (χ2n) is 7.93. The van der Waals surface area contributed by atoms with Crippen LogP contribution in [0, 0.1) is 0 Å². The lowest BCUT2D eigenvalue weighted by molar-refractivity contribution is 0.0322. The van der Waals surface area contributed by atoms with Crippen molar-refractivity contribution in [1.29, 1.82) is 0 Å². The van der Waals surface area contributed by atoms with Gasteiger partial charge < -0.3 is 20.1 Å². The maximum absolute atomic E-state index is 12.4. The number of carbonyl (C=O) groups is 1. The number of nitrogens with zero attached hydrogens (tertiary/aromatic N) is 4. The summed E-state index contributed by atoms with van der Waals surface area (Å²) in [5, 5.41) is 6.51. The lowest BCUT2D eigenvalue weighted by Crippen LogP contribution is -2.38. The zero-order chi connectivity index (χ0) is 23.5. The number of para-hydroxylation sites is 1. The molecule has 2 N–H and O–H groups in total. The molecule has 0 saturated carbocycles. The molecule has 0 aliphatic carbocycles. The van der Waals surface area contributed by atoms with E-state index in [0.717, 1.165) is 43.9 Å². The zero-order valence-electron chi connectivity index (χ0n) is 18.8. The van der Waals surface area contributed by atoms with Crippen LogP contribution in [0.2, 0.25) is 5.02 Å². The van der Waals surface area contributed by atoms with Crippen molar-refractivity contribution in [2.45, 2.75) is 0 Å². The standard InChI is InChI=1S/C24H25ClN6O3/c1-26-24(32)17-3-2-4-20-22(17)29-23(21-14-27-15-31(20)21)28-19-13-16(5-6-18(19)25)34-12-9-30-7-10-33-11-8-30/h2-6,13-15H,7-12H2,1H3,(H,26,32)(H,28,29). The molecule has 176 valence electrons. The SMILES string of the molecule is CNC(=O)c1cccc2c1nc(Nc1cc(OCCN3CCOCC3)ccc1Cl)c1cncn12. The second-order valence-corrected chi connectivity index (χ2v) is 8.34. The molecule has 1 fully saturated rings. The molecule has 10 heteroatoms. The summed E-state index contributed by atoms with van der Waals surface area (Å²) in [6, 6.07) is 11.0. The average Bonchev–Trinajstić information content (AvgIpc) is 3.37. The minimum atomic E-state index is -0.211. The van der Waals surface area contributed by atoms with Crippen molar-refractivity contribution in [3.63, 3.8) is 0 Å². The molecule has 1 saturated heterocycles. The van der Waals surface area contributed by atoms with Gasteiger partial charge in [-0.15, -0.1) is 0 Å². The number of fused-ring (bicyclic) bond motifs is 3. The molecule has 1 aliphatic heterocycles. The summed E-state index contributed by atoms with van der Waals surface area (Å²) in [6.45, 7) is 4.77. The van der Waals surface area contributed by atoms with Crippen LogP contribution in [0.25, 0.3) is 16.6 Å². The quantitative estimate of drug-likeness (QED) is 0.419. The molecule has 5 rings (SSSR count). The summed E-state index contributed by atoms with van der Waals surface area (Å²) in [6.07, 6.45) is 3.42. The monoisotopic (exact) mass is 480 g/mol. The van der Waals surface area contributed by atoms with Gasteiger partial charge in [-0.3, -0.25) is 14.1 Å². The molecule has 1 amide bonds. The smallest absolute Gasteiger partial charge is 0.253 e. The van der Waals surface area contributed by atoms with Gasteiger partial charge in [-0.05, 0) is 24.3 Å². The van der Waals surface area contributed by atoms with Gasteiger partial charge in [0.15, 0.2) is 5.82 Å². The first kappa shape index (κ1) is 22.4. The first-order valence-corrected chi connectivity index (χ1v) is 11.5. The zero-order valence-corrected chi connectivity index (χ0v) is 19.5. The Morgan fingerprint density at radius 3 is 2.88 bits per heavy atom. The van der Waals surface area contributed by atoms with Gasteiger partial charge in [-0.2, -0.15) is 0 Å². The molecule has 9 nitrogen and oxygen atoms in total. The number of amides is 1. The third-order valence-corrected chi connectivity index (χ3v) is 6.15. The van der Waals surface area contributed by atoms with E-state index in [-0.39, 0.29) is 5.91 Å². The van der Waals surface area contributed by atoms with E-state index in [1.165, 1.54) is 0 Å². The fraction of sp³-hybridized carbons (Fsp3) is 0.292. The fourth-order valence-corrected chi connectivity index (χ4v) is 4.18. The van der Waals surface area contributed by atoms with Crippen LogP contribution in [0.4, 0.5) is 11.5 Å². The number of aromatic nitrogens is 3. The number of morpholine rings is 1. The van der Waals surface area contributed by atoms with Crippen molar-refractivity contribution in [3.8, 4) is 5.75 Å². The van der Waals surface area contributed by atoms with Crippen LogP contribution < -0.4 is 15.4 Å². The van der Waals surface area contributed by atoms with Crippen LogP contribution in [0.5, 0.6) is 5.75 Å². The van der Waals surface area contributed by atoms with E-state index in [2.05, 4.69) is 20.5 Å². The van der Waals surface area contributed by atoms with E-state index in [4.69, 9.17) is 26.1 Å². The van der Waals surface area contributed by atoms with Crippen molar-refractivity contribution in [1.82, 2.24) is 24.6 Å². The maximum Gasteiger partial charge on any atom is 0.253 e. The summed E-state index contributed by atoms with van der Waals surface area (Å²) in [5.74, 6) is 1.03. The Morgan fingerprint density at radius 2 is 2.06 bits per heavy atom. The Hall–Kier alpha value is -3.40. The van der Waals surface area contributed by atoms with Gasteiger partial charge >= 0.3 is 0 Å². The van der Waals surface area contributed by atoms with Crippen molar-refractivity contribution >= 4 is 45.6 Å². The van der Waals surface area contributed by atoms with Crippen molar-refractivity contribution in [2.75, 3.05) is 51.8 Å². The summed E-state index contributed by atoms with van der Waals surface area (Å²) in [7, 11) is 1.60. The van der Waals surface area contributed by atoms with Gasteiger partial charge in [0, 0.05) is 32.7 Å². The lowest BCUT2D eigenvalue weighted by atomic mass is 10.1. The van der Waals surface area contributed by atoms with Crippen LogP contribution in [-0.2, 0) is 4.74 Å². The first-order chi connectivity index (χ1) is 16.6. The van der Waals surface area contributed by atoms with Gasteiger partial charge in [0.1, 0.15) is 23.4 Å². The molecule has 0 bridgehead atoms. The van der Waals surface area contributed by atoms with Gasteiger partial charge in [0.25, 0.3) is 5.91 Å². The van der Waals surface area contributed by atoms with Crippen LogP contribution in [0.15, 0.2) is 48.9 Å². The Balaban J connectivity index is 1.43. The number of halogens is 1. The van der Waals surface area contributed by atoms with E-state index in [0.29, 0.717) is 40.0 Å². The van der Waals surface area contributed by atoms with Crippen LogP contribution in [0.1, 0.15) is 10.4 Å². The minimum Gasteiger partial charge on any atom is -0.492 e. The van der Waals surface area contributed by atoms with Crippen molar-refractivity contribution < 1.29 is 14.3 Å². The highest BCUT2D eigenvalue weighted by molar-refractivity contribution is 6.33. The molecular weight excluding hydrogens is 456 g/mol. The third kappa shape index (κ3) is 4.50. The van der Waals surface area contributed by atoms with E-state index >= 15 is 0 Å². The van der Waals surface area contributed by atoms with Crippen LogP contribution in [0.3, 0.4) is 0 Å². The summed E-state index contributed by atoms with van der Waals surface area (Å²) >= 11 is 6.49. The number of hydrogen-bond donors (Lipinski definition) is 2. The highest BCUT2D eigenvalue weighted by Crippen LogP contribution is 2.32. The average molecular weight is 481 g/mol. The predicted octanol–water partition coefficient (Wildman–Crippen LogP) is 3.35. The molecule has 34 heavy (non-hydrogen) atoms. The minimum absolute atomic E-state index is 0.211.